The molecule has 2 saturated heterocycles. The number of nitriles is 1. The topological polar surface area (TPSA) is 149 Å². The molecule has 10 nitrogen and oxygen atoms in total. The number of hydrogen-bond donors (Lipinski definition) is 3. The van der Waals surface area contributed by atoms with E-state index in [4.69, 9.17) is 15.7 Å². The van der Waals surface area contributed by atoms with Gasteiger partial charge in [0.25, 0.3) is 11.8 Å². The summed E-state index contributed by atoms with van der Waals surface area (Å²) in [6.45, 7) is 1.00. The van der Waals surface area contributed by atoms with E-state index in [0.29, 0.717) is 41.2 Å². The number of aliphatic hydroxyl groups is 1. The van der Waals surface area contributed by atoms with Crippen LogP contribution in [0.3, 0.4) is 0 Å². The molecule has 2 atom stereocenters. The number of amides is 3. The summed E-state index contributed by atoms with van der Waals surface area (Å²) in [4.78, 5) is 41.7. The van der Waals surface area contributed by atoms with Crippen molar-refractivity contribution < 1.29 is 24.2 Å². The number of ether oxygens (including phenoxy) is 1. The monoisotopic (exact) mass is 513 g/mol. The van der Waals surface area contributed by atoms with Gasteiger partial charge in [0.15, 0.2) is 12.2 Å². The first-order chi connectivity index (χ1) is 16.9. The van der Waals surface area contributed by atoms with Gasteiger partial charge in [-0.25, -0.2) is 0 Å². The van der Waals surface area contributed by atoms with Gasteiger partial charge in [0.05, 0.1) is 29.6 Å². The van der Waals surface area contributed by atoms with Crippen LogP contribution < -0.4 is 20.9 Å². The Bertz CT molecular complexity index is 1180. The van der Waals surface area contributed by atoms with Crippen LogP contribution in [0.4, 0.5) is 17.1 Å². The van der Waals surface area contributed by atoms with E-state index in [1.165, 1.54) is 17.0 Å². The highest BCUT2D eigenvalue weighted by molar-refractivity contribution is 6.07. The smallest absolute Gasteiger partial charge is 0.259 e. The number of benzene rings is 2. The fourth-order valence-electron chi connectivity index (χ4n) is 4.36. The molecule has 0 unspecified atom stereocenters. The maximum absolute atomic E-state index is 13.3. The lowest BCUT2D eigenvalue weighted by Gasteiger charge is -2.37. The molecule has 0 bridgehead atoms. The molecule has 4 N–H and O–H groups in total. The van der Waals surface area contributed by atoms with E-state index in [9.17, 15) is 19.5 Å². The summed E-state index contributed by atoms with van der Waals surface area (Å²) >= 11 is 0. The largest absolute Gasteiger partial charge is 0.380 e. The zero-order chi connectivity index (χ0) is 24.9. The van der Waals surface area contributed by atoms with Crippen LogP contribution in [0, 0.1) is 11.3 Å². The van der Waals surface area contributed by atoms with E-state index in [1.807, 2.05) is 6.07 Å². The van der Waals surface area contributed by atoms with Gasteiger partial charge in [-0.15, -0.1) is 12.4 Å². The average molecular weight is 514 g/mol. The highest BCUT2D eigenvalue weighted by atomic mass is 35.5. The highest BCUT2D eigenvalue weighted by Crippen LogP contribution is 2.33. The van der Waals surface area contributed by atoms with Crippen LogP contribution in [0.15, 0.2) is 42.5 Å². The zero-order valence-electron chi connectivity index (χ0n) is 19.6. The number of morpholine rings is 1. The molecule has 0 aliphatic carbocycles. The SMILES string of the molecule is Cl.N#Cc1ccc(NC(=O)[C@H](O)[C@H]2OCCN(c3ccccc3N3CCCCC3=O)C2=O)cc1CN. The molecule has 0 aromatic heterocycles. The summed E-state index contributed by atoms with van der Waals surface area (Å²) in [5.74, 6) is -1.39. The zero-order valence-corrected chi connectivity index (χ0v) is 20.4. The van der Waals surface area contributed by atoms with Crippen LogP contribution in [0.2, 0.25) is 0 Å². The summed E-state index contributed by atoms with van der Waals surface area (Å²) in [7, 11) is 0. The Morgan fingerprint density at radius 1 is 1.17 bits per heavy atom. The molecular weight excluding hydrogens is 486 g/mol. The third-order valence-corrected chi connectivity index (χ3v) is 6.18. The van der Waals surface area contributed by atoms with Crippen molar-refractivity contribution in [3.63, 3.8) is 0 Å². The molecule has 2 fully saturated rings. The molecule has 2 aromatic carbocycles. The molecule has 2 aromatic rings. The Labute approximate surface area is 215 Å². The predicted octanol–water partition coefficient (Wildman–Crippen LogP) is 1.69. The molecule has 36 heavy (non-hydrogen) atoms. The Morgan fingerprint density at radius 3 is 2.56 bits per heavy atom. The van der Waals surface area contributed by atoms with E-state index in [1.54, 1.807) is 35.2 Å². The molecule has 3 amide bonds. The second kappa shape index (κ2) is 12.0. The number of para-hydroxylation sites is 2. The lowest BCUT2D eigenvalue weighted by Crippen LogP contribution is -2.55. The van der Waals surface area contributed by atoms with Crippen LogP contribution in [0.25, 0.3) is 0 Å². The number of nitrogens with one attached hydrogen (secondary N) is 1. The first kappa shape index (κ1) is 27.1. The van der Waals surface area contributed by atoms with E-state index < -0.39 is 24.0 Å². The van der Waals surface area contributed by atoms with Gasteiger partial charge in [-0.3, -0.25) is 14.4 Å². The predicted molar refractivity (Wildman–Crippen MR) is 136 cm³/mol. The van der Waals surface area contributed by atoms with Crippen LogP contribution in [-0.4, -0.2) is 54.7 Å². The third kappa shape index (κ3) is 5.50. The quantitative estimate of drug-likeness (QED) is 0.532. The van der Waals surface area contributed by atoms with Crippen molar-refractivity contribution in [2.75, 3.05) is 34.8 Å². The minimum atomic E-state index is -1.77. The first-order valence-electron chi connectivity index (χ1n) is 11.5. The van der Waals surface area contributed by atoms with Crippen molar-refractivity contribution in [1.82, 2.24) is 0 Å². The van der Waals surface area contributed by atoms with Gasteiger partial charge in [0.1, 0.15) is 0 Å². The van der Waals surface area contributed by atoms with Gasteiger partial charge >= 0.3 is 0 Å². The van der Waals surface area contributed by atoms with Crippen LogP contribution >= 0.6 is 12.4 Å². The van der Waals surface area contributed by atoms with Crippen LogP contribution in [-0.2, 0) is 25.7 Å². The van der Waals surface area contributed by atoms with E-state index >= 15 is 0 Å². The number of nitrogens with zero attached hydrogens (tertiary/aromatic N) is 3. The molecular formula is C25H28ClN5O5. The maximum Gasteiger partial charge on any atom is 0.259 e. The van der Waals surface area contributed by atoms with Gasteiger partial charge in [0, 0.05) is 31.7 Å². The molecule has 2 aliphatic rings. The number of piperidine rings is 1. The van der Waals surface area contributed by atoms with Gasteiger partial charge in [-0.1, -0.05) is 12.1 Å². The molecule has 0 radical (unpaired) electrons. The summed E-state index contributed by atoms with van der Waals surface area (Å²) in [5.41, 5.74) is 8.08. The van der Waals surface area contributed by atoms with Crippen molar-refractivity contribution in [3.05, 3.63) is 53.6 Å². The number of halogens is 1. The molecule has 4 rings (SSSR count). The van der Waals surface area contributed by atoms with E-state index in [0.717, 1.165) is 12.8 Å². The number of nitrogens with two attached hydrogens (primary N) is 1. The molecule has 0 spiro atoms. The number of anilines is 3. The molecule has 2 heterocycles. The highest BCUT2D eigenvalue weighted by Gasteiger charge is 2.40. The van der Waals surface area contributed by atoms with Gasteiger partial charge in [-0.2, -0.15) is 5.26 Å². The van der Waals surface area contributed by atoms with Gasteiger partial charge < -0.3 is 30.7 Å². The van der Waals surface area contributed by atoms with E-state index in [-0.39, 0.29) is 38.0 Å². The summed E-state index contributed by atoms with van der Waals surface area (Å²) in [6, 6.07) is 13.7. The average Bonchev–Trinajstić information content (AvgIpc) is 2.88. The number of carbonyl (C=O) groups is 3. The Morgan fingerprint density at radius 2 is 1.89 bits per heavy atom. The number of aliphatic hydroxyl groups excluding tert-OH is 1. The Balaban J connectivity index is 0.00000361. The summed E-state index contributed by atoms with van der Waals surface area (Å²) in [5, 5.41) is 22.4. The van der Waals surface area contributed by atoms with Crippen LogP contribution in [0.1, 0.15) is 30.4 Å². The minimum Gasteiger partial charge on any atom is -0.380 e. The van der Waals surface area contributed by atoms with E-state index in [2.05, 4.69) is 5.32 Å². The lowest BCUT2D eigenvalue weighted by atomic mass is 10.1. The van der Waals surface area contributed by atoms with Crippen molar-refractivity contribution in [2.24, 2.45) is 5.73 Å². The van der Waals surface area contributed by atoms with Crippen molar-refractivity contribution in [3.8, 4) is 6.07 Å². The van der Waals surface area contributed by atoms with Crippen molar-refractivity contribution >= 4 is 47.2 Å². The molecule has 190 valence electrons. The lowest BCUT2D eigenvalue weighted by molar-refractivity contribution is -0.150. The van der Waals surface area contributed by atoms with Crippen molar-refractivity contribution in [1.29, 1.82) is 5.26 Å². The van der Waals surface area contributed by atoms with Gasteiger partial charge in [-0.05, 0) is 48.7 Å². The molecule has 2 aliphatic heterocycles. The fraction of sp³-hybridized carbons (Fsp3) is 0.360. The summed E-state index contributed by atoms with van der Waals surface area (Å²) in [6.07, 6.45) is -1.02. The fourth-order valence-corrected chi connectivity index (χ4v) is 4.36. The maximum atomic E-state index is 13.3. The second-order valence-electron chi connectivity index (χ2n) is 8.39. The summed E-state index contributed by atoms with van der Waals surface area (Å²) < 4.78 is 5.50. The van der Waals surface area contributed by atoms with Crippen LogP contribution in [0.5, 0.6) is 0 Å². The number of rotatable bonds is 6. The van der Waals surface area contributed by atoms with Crippen molar-refractivity contribution in [2.45, 2.75) is 38.0 Å². The first-order valence-corrected chi connectivity index (χ1v) is 11.5. The Kier molecular flexibility index (Phi) is 9.01. The second-order valence-corrected chi connectivity index (χ2v) is 8.39. The van der Waals surface area contributed by atoms with Gasteiger partial charge in [0.2, 0.25) is 5.91 Å². The third-order valence-electron chi connectivity index (χ3n) is 6.18. The molecule has 11 heteroatoms. The minimum absolute atomic E-state index is 0. The number of carbonyl (C=O) groups excluding carboxylic acids is 3. The normalized spacial score (nSPS) is 18.8. The Hall–Kier alpha value is -3.49. The molecule has 0 saturated carbocycles. The standard InChI is InChI=1S/C25H27N5O5.ClH/c26-14-16-8-9-18(13-17(16)15-27)28-24(33)22(32)23-25(34)30(11-12-35-23)20-6-2-1-5-19(20)29-10-4-3-7-21(29)31;/h1-2,5-6,8-9,13,22-23,32H,3-4,7,10-12,15,27H2,(H,28,33);1H/t22-,23-;/m1./s1. The number of hydrogen-bond acceptors (Lipinski definition) is 7.